The number of piperidine rings is 1. The van der Waals surface area contributed by atoms with Gasteiger partial charge in [0.15, 0.2) is 11.6 Å². The van der Waals surface area contributed by atoms with Gasteiger partial charge in [0.25, 0.3) is 5.91 Å². The Morgan fingerprint density at radius 3 is 2.33 bits per heavy atom. The van der Waals surface area contributed by atoms with Gasteiger partial charge in [0.1, 0.15) is 0 Å². The summed E-state index contributed by atoms with van der Waals surface area (Å²) in [7, 11) is 0. The van der Waals surface area contributed by atoms with Crippen molar-refractivity contribution in [2.45, 2.75) is 26.7 Å². The fourth-order valence-corrected chi connectivity index (χ4v) is 3.35. The van der Waals surface area contributed by atoms with Gasteiger partial charge in [0.05, 0.1) is 0 Å². The maximum absolute atomic E-state index is 13.3. The third-order valence-electron chi connectivity index (χ3n) is 4.96. The van der Waals surface area contributed by atoms with Crippen LogP contribution in [0.25, 0.3) is 0 Å². The van der Waals surface area contributed by atoms with E-state index in [1.165, 1.54) is 6.07 Å². The van der Waals surface area contributed by atoms with E-state index in [1.807, 2.05) is 32.0 Å². The molecular weight excluding hydrogens is 350 g/mol. The number of halogens is 2. The number of hydrogen-bond donors (Lipinski definition) is 1. The van der Waals surface area contributed by atoms with Crippen molar-refractivity contribution in [2.75, 3.05) is 18.4 Å². The standard InChI is InChI=1S/C21H22F2N2O2/c1-13-3-6-19(14(2)11-13)24-20(26)15-7-9-25(10-8-15)21(27)16-4-5-17(22)18(23)12-16/h3-6,11-12,15H,7-10H2,1-2H3,(H,24,26). The Morgan fingerprint density at radius 1 is 1.00 bits per heavy atom. The molecule has 0 bridgehead atoms. The third-order valence-corrected chi connectivity index (χ3v) is 4.96. The SMILES string of the molecule is Cc1ccc(NC(=O)C2CCN(C(=O)c3ccc(F)c(F)c3)CC2)c(C)c1. The summed E-state index contributed by atoms with van der Waals surface area (Å²) in [5.74, 6) is -2.60. The van der Waals surface area contributed by atoms with Crippen molar-refractivity contribution in [3.8, 4) is 0 Å². The minimum Gasteiger partial charge on any atom is -0.339 e. The molecule has 0 aliphatic carbocycles. The molecule has 1 saturated heterocycles. The molecule has 0 spiro atoms. The Morgan fingerprint density at radius 2 is 1.70 bits per heavy atom. The van der Waals surface area contributed by atoms with Crippen LogP contribution < -0.4 is 5.32 Å². The van der Waals surface area contributed by atoms with E-state index in [0.29, 0.717) is 25.9 Å². The lowest BCUT2D eigenvalue weighted by Crippen LogP contribution is -2.41. The molecule has 1 aliphatic rings. The second kappa shape index (κ2) is 7.86. The molecule has 0 unspecified atom stereocenters. The average Bonchev–Trinajstić information content (AvgIpc) is 2.65. The van der Waals surface area contributed by atoms with Crippen molar-refractivity contribution >= 4 is 17.5 Å². The number of likely N-dealkylation sites (tertiary alicyclic amines) is 1. The van der Waals surface area contributed by atoms with E-state index in [1.54, 1.807) is 4.90 Å². The van der Waals surface area contributed by atoms with Gasteiger partial charge < -0.3 is 10.2 Å². The monoisotopic (exact) mass is 372 g/mol. The van der Waals surface area contributed by atoms with Crippen molar-refractivity contribution < 1.29 is 18.4 Å². The summed E-state index contributed by atoms with van der Waals surface area (Å²) in [6, 6.07) is 9.00. The van der Waals surface area contributed by atoms with Crippen molar-refractivity contribution in [1.82, 2.24) is 4.90 Å². The number of carbonyl (C=O) groups is 2. The maximum Gasteiger partial charge on any atom is 0.253 e. The van der Waals surface area contributed by atoms with E-state index < -0.39 is 11.6 Å². The van der Waals surface area contributed by atoms with Crippen LogP contribution in [0.3, 0.4) is 0 Å². The zero-order chi connectivity index (χ0) is 19.6. The van der Waals surface area contributed by atoms with E-state index in [4.69, 9.17) is 0 Å². The summed E-state index contributed by atoms with van der Waals surface area (Å²) in [4.78, 5) is 26.5. The molecule has 2 aromatic carbocycles. The van der Waals surface area contributed by atoms with Gasteiger partial charge in [-0.05, 0) is 56.5 Å². The van der Waals surface area contributed by atoms with Gasteiger partial charge in [-0.2, -0.15) is 0 Å². The van der Waals surface area contributed by atoms with Crippen LogP contribution in [0.2, 0.25) is 0 Å². The van der Waals surface area contributed by atoms with Gasteiger partial charge in [0, 0.05) is 30.3 Å². The van der Waals surface area contributed by atoms with Gasteiger partial charge in [-0.25, -0.2) is 8.78 Å². The van der Waals surface area contributed by atoms with Crippen LogP contribution in [-0.4, -0.2) is 29.8 Å². The number of amides is 2. The summed E-state index contributed by atoms with van der Waals surface area (Å²) in [5.41, 5.74) is 3.06. The number of carbonyl (C=O) groups excluding carboxylic acids is 2. The highest BCUT2D eigenvalue weighted by Crippen LogP contribution is 2.23. The second-order valence-corrected chi connectivity index (χ2v) is 7.00. The molecule has 0 aromatic heterocycles. The summed E-state index contributed by atoms with van der Waals surface area (Å²) >= 11 is 0. The lowest BCUT2D eigenvalue weighted by atomic mass is 9.95. The second-order valence-electron chi connectivity index (χ2n) is 7.00. The molecule has 1 fully saturated rings. The number of nitrogens with one attached hydrogen (secondary N) is 1. The minimum absolute atomic E-state index is 0.0538. The van der Waals surface area contributed by atoms with Crippen LogP contribution in [0, 0.1) is 31.4 Å². The molecule has 27 heavy (non-hydrogen) atoms. The molecule has 0 radical (unpaired) electrons. The highest BCUT2D eigenvalue weighted by molar-refractivity contribution is 5.95. The largest absolute Gasteiger partial charge is 0.339 e. The van der Waals surface area contributed by atoms with Crippen LogP contribution in [0.15, 0.2) is 36.4 Å². The molecule has 1 aliphatic heterocycles. The smallest absolute Gasteiger partial charge is 0.253 e. The van der Waals surface area contributed by atoms with E-state index in [-0.39, 0.29) is 23.3 Å². The quantitative estimate of drug-likeness (QED) is 0.883. The number of benzene rings is 2. The molecule has 2 aromatic rings. The Kier molecular flexibility index (Phi) is 5.54. The fraction of sp³-hybridized carbons (Fsp3) is 0.333. The normalized spacial score (nSPS) is 14.9. The average molecular weight is 372 g/mol. The predicted octanol–water partition coefficient (Wildman–Crippen LogP) is 4.07. The number of hydrogen-bond acceptors (Lipinski definition) is 2. The van der Waals surface area contributed by atoms with Gasteiger partial charge in [-0.15, -0.1) is 0 Å². The summed E-state index contributed by atoms with van der Waals surface area (Å²) in [6.45, 7) is 4.76. The third kappa shape index (κ3) is 4.32. The Balaban J connectivity index is 1.58. The van der Waals surface area contributed by atoms with E-state index in [9.17, 15) is 18.4 Å². The first-order valence-corrected chi connectivity index (χ1v) is 8.97. The van der Waals surface area contributed by atoms with Crippen LogP contribution in [0.4, 0.5) is 14.5 Å². The van der Waals surface area contributed by atoms with Crippen molar-refractivity contribution in [3.63, 3.8) is 0 Å². The molecule has 1 N–H and O–H groups in total. The number of nitrogens with zero attached hydrogens (tertiary/aromatic N) is 1. The fourth-order valence-electron chi connectivity index (χ4n) is 3.35. The molecule has 1 heterocycles. The highest BCUT2D eigenvalue weighted by atomic mass is 19.2. The highest BCUT2D eigenvalue weighted by Gasteiger charge is 2.28. The first-order valence-electron chi connectivity index (χ1n) is 8.97. The molecular formula is C21H22F2N2O2. The lowest BCUT2D eigenvalue weighted by Gasteiger charge is -2.31. The van der Waals surface area contributed by atoms with E-state index in [2.05, 4.69) is 5.32 Å². The van der Waals surface area contributed by atoms with Crippen molar-refractivity contribution in [3.05, 3.63) is 64.7 Å². The van der Waals surface area contributed by atoms with E-state index in [0.717, 1.165) is 28.9 Å². The Bertz CT molecular complexity index is 874. The zero-order valence-corrected chi connectivity index (χ0v) is 15.4. The maximum atomic E-state index is 13.3. The topological polar surface area (TPSA) is 49.4 Å². The Labute approximate surface area is 157 Å². The molecule has 3 rings (SSSR count). The number of rotatable bonds is 3. The minimum atomic E-state index is -1.04. The predicted molar refractivity (Wildman–Crippen MR) is 99.5 cm³/mol. The van der Waals surface area contributed by atoms with Crippen molar-refractivity contribution in [1.29, 1.82) is 0 Å². The van der Waals surface area contributed by atoms with Crippen LogP contribution >= 0.6 is 0 Å². The first kappa shape index (κ1) is 19.0. The van der Waals surface area contributed by atoms with Gasteiger partial charge >= 0.3 is 0 Å². The molecule has 6 heteroatoms. The van der Waals surface area contributed by atoms with Gasteiger partial charge in [0.2, 0.25) is 5.91 Å². The number of anilines is 1. The van der Waals surface area contributed by atoms with Crippen LogP contribution in [0.5, 0.6) is 0 Å². The van der Waals surface area contributed by atoms with Crippen LogP contribution in [0.1, 0.15) is 34.3 Å². The Hall–Kier alpha value is -2.76. The molecule has 4 nitrogen and oxygen atoms in total. The van der Waals surface area contributed by atoms with Gasteiger partial charge in [-0.3, -0.25) is 9.59 Å². The first-order chi connectivity index (χ1) is 12.8. The molecule has 2 amide bonds. The summed E-state index contributed by atoms with van der Waals surface area (Å²) < 4.78 is 26.4. The lowest BCUT2D eigenvalue weighted by molar-refractivity contribution is -0.121. The summed E-state index contributed by atoms with van der Waals surface area (Å²) in [5, 5.41) is 2.96. The van der Waals surface area contributed by atoms with Gasteiger partial charge in [-0.1, -0.05) is 17.7 Å². The summed E-state index contributed by atoms with van der Waals surface area (Å²) in [6.07, 6.45) is 1.07. The van der Waals surface area contributed by atoms with Crippen molar-refractivity contribution in [2.24, 2.45) is 5.92 Å². The van der Waals surface area contributed by atoms with Crippen LogP contribution in [-0.2, 0) is 4.79 Å². The molecule has 0 atom stereocenters. The number of aryl methyl sites for hydroxylation is 2. The zero-order valence-electron chi connectivity index (χ0n) is 15.4. The molecule has 142 valence electrons. The van der Waals surface area contributed by atoms with E-state index >= 15 is 0 Å². The molecule has 0 saturated carbocycles.